The molecule has 0 saturated carbocycles. The third-order valence-electron chi connectivity index (χ3n) is 3.28. The molecule has 0 aromatic rings. The minimum absolute atomic E-state index is 0.0228. The lowest BCUT2D eigenvalue weighted by atomic mass is 10.0. The van der Waals surface area contributed by atoms with E-state index >= 15 is 0 Å². The predicted octanol–water partition coefficient (Wildman–Crippen LogP) is -0.193. The van der Waals surface area contributed by atoms with Crippen molar-refractivity contribution < 1.29 is 9.53 Å². The number of ether oxygens (including phenoxy) is 1. The highest BCUT2D eigenvalue weighted by Gasteiger charge is 2.31. The van der Waals surface area contributed by atoms with Crippen LogP contribution < -0.4 is 11.1 Å². The van der Waals surface area contributed by atoms with Crippen LogP contribution in [0.25, 0.3) is 0 Å². The van der Waals surface area contributed by atoms with Crippen LogP contribution in [0.1, 0.15) is 20.8 Å². The highest BCUT2D eigenvalue weighted by atomic mass is 16.5. The van der Waals surface area contributed by atoms with Gasteiger partial charge >= 0.3 is 0 Å². The first kappa shape index (κ1) is 14.4. The zero-order valence-corrected chi connectivity index (χ0v) is 11.1. The molecule has 5 nitrogen and oxygen atoms in total. The zero-order valence-electron chi connectivity index (χ0n) is 11.1. The second-order valence-electron chi connectivity index (χ2n) is 4.70. The van der Waals surface area contributed by atoms with Gasteiger partial charge in [0.1, 0.15) is 0 Å². The Labute approximate surface area is 104 Å². The summed E-state index contributed by atoms with van der Waals surface area (Å²) in [7, 11) is 0. The fourth-order valence-corrected chi connectivity index (χ4v) is 2.11. The van der Waals surface area contributed by atoms with Crippen LogP contribution in [0.5, 0.6) is 0 Å². The van der Waals surface area contributed by atoms with E-state index in [0.717, 1.165) is 19.6 Å². The number of nitrogens with two attached hydrogens (primary N) is 1. The smallest absolute Gasteiger partial charge is 0.227 e. The average Bonchev–Trinajstić information content (AvgIpc) is 2.72. The van der Waals surface area contributed by atoms with Crippen molar-refractivity contribution >= 4 is 5.91 Å². The lowest BCUT2D eigenvalue weighted by Gasteiger charge is -2.24. The maximum Gasteiger partial charge on any atom is 0.227 e. The normalized spacial score (nSPS) is 26.2. The molecule has 1 rings (SSSR count). The van der Waals surface area contributed by atoms with E-state index in [1.54, 1.807) is 0 Å². The lowest BCUT2D eigenvalue weighted by molar-refractivity contribution is -0.125. The Balaban J connectivity index is 2.34. The Morgan fingerprint density at radius 2 is 2.12 bits per heavy atom. The van der Waals surface area contributed by atoms with E-state index in [2.05, 4.69) is 24.1 Å². The standard InChI is InChI=1S/C12H25N3O2/c1-4-15(5-2)6-9(3)14-12(16)10-7-17-8-11(10)13/h9-11H,4-8,13H2,1-3H3,(H,14,16). The second kappa shape index (κ2) is 6.93. The van der Waals surface area contributed by atoms with Crippen molar-refractivity contribution in [3.8, 4) is 0 Å². The lowest BCUT2D eigenvalue weighted by Crippen LogP contribution is -2.47. The number of carbonyl (C=O) groups is 1. The number of rotatable bonds is 6. The number of nitrogens with one attached hydrogen (secondary N) is 1. The topological polar surface area (TPSA) is 67.6 Å². The molecule has 0 aromatic heterocycles. The molecule has 0 radical (unpaired) electrons. The largest absolute Gasteiger partial charge is 0.379 e. The molecule has 3 unspecified atom stereocenters. The summed E-state index contributed by atoms with van der Waals surface area (Å²) in [5, 5.41) is 3.01. The summed E-state index contributed by atoms with van der Waals surface area (Å²) >= 11 is 0. The van der Waals surface area contributed by atoms with Crippen molar-refractivity contribution in [2.24, 2.45) is 11.7 Å². The van der Waals surface area contributed by atoms with Gasteiger partial charge < -0.3 is 20.7 Å². The van der Waals surface area contributed by atoms with Gasteiger partial charge in [-0.3, -0.25) is 4.79 Å². The van der Waals surface area contributed by atoms with Crippen molar-refractivity contribution in [3.05, 3.63) is 0 Å². The van der Waals surface area contributed by atoms with Gasteiger partial charge in [0, 0.05) is 18.6 Å². The molecule has 0 aliphatic carbocycles. The number of likely N-dealkylation sites (N-methyl/N-ethyl adjacent to an activating group) is 1. The second-order valence-corrected chi connectivity index (χ2v) is 4.70. The van der Waals surface area contributed by atoms with Crippen LogP contribution in [0.15, 0.2) is 0 Å². The van der Waals surface area contributed by atoms with Crippen molar-refractivity contribution in [3.63, 3.8) is 0 Å². The van der Waals surface area contributed by atoms with Crippen molar-refractivity contribution in [2.45, 2.75) is 32.9 Å². The first-order chi connectivity index (χ1) is 8.08. The van der Waals surface area contributed by atoms with Crippen molar-refractivity contribution in [1.29, 1.82) is 0 Å². The van der Waals surface area contributed by atoms with Gasteiger partial charge in [-0.15, -0.1) is 0 Å². The zero-order chi connectivity index (χ0) is 12.8. The molecule has 3 atom stereocenters. The summed E-state index contributed by atoms with van der Waals surface area (Å²) in [6, 6.07) is -0.00847. The summed E-state index contributed by atoms with van der Waals surface area (Å²) in [4.78, 5) is 14.2. The molecule has 1 aliphatic heterocycles. The Morgan fingerprint density at radius 1 is 1.47 bits per heavy atom. The summed E-state index contributed by atoms with van der Waals surface area (Å²) in [6.45, 7) is 10.1. The summed E-state index contributed by atoms with van der Waals surface area (Å²) in [5.74, 6) is -0.163. The van der Waals surface area contributed by atoms with Crippen LogP contribution in [0.3, 0.4) is 0 Å². The van der Waals surface area contributed by atoms with Crippen LogP contribution in [0.2, 0.25) is 0 Å². The van der Waals surface area contributed by atoms with Crippen LogP contribution in [0, 0.1) is 5.92 Å². The van der Waals surface area contributed by atoms with Gasteiger partial charge in [-0.1, -0.05) is 13.8 Å². The molecule has 0 spiro atoms. The number of amides is 1. The highest BCUT2D eigenvalue weighted by Crippen LogP contribution is 2.11. The molecule has 1 saturated heterocycles. The van der Waals surface area contributed by atoms with Gasteiger partial charge in [0.25, 0.3) is 0 Å². The van der Waals surface area contributed by atoms with Crippen LogP contribution in [0.4, 0.5) is 0 Å². The van der Waals surface area contributed by atoms with E-state index in [1.165, 1.54) is 0 Å². The maximum atomic E-state index is 11.9. The molecule has 0 bridgehead atoms. The Kier molecular flexibility index (Phi) is 5.88. The van der Waals surface area contributed by atoms with Gasteiger partial charge in [0.15, 0.2) is 0 Å². The summed E-state index contributed by atoms with van der Waals surface area (Å²) in [5.41, 5.74) is 5.81. The van der Waals surface area contributed by atoms with E-state index in [0.29, 0.717) is 13.2 Å². The maximum absolute atomic E-state index is 11.9. The fraction of sp³-hybridized carbons (Fsp3) is 0.917. The number of nitrogens with zero attached hydrogens (tertiary/aromatic N) is 1. The molecule has 17 heavy (non-hydrogen) atoms. The molecular weight excluding hydrogens is 218 g/mol. The van der Waals surface area contributed by atoms with E-state index in [1.807, 2.05) is 6.92 Å². The first-order valence-corrected chi connectivity index (χ1v) is 6.44. The number of carbonyl (C=O) groups excluding carboxylic acids is 1. The van der Waals surface area contributed by atoms with Crippen LogP contribution in [-0.4, -0.2) is 55.7 Å². The minimum Gasteiger partial charge on any atom is -0.379 e. The van der Waals surface area contributed by atoms with Gasteiger partial charge in [-0.25, -0.2) is 0 Å². The van der Waals surface area contributed by atoms with Gasteiger partial charge in [0.05, 0.1) is 19.1 Å². The van der Waals surface area contributed by atoms with Crippen LogP contribution >= 0.6 is 0 Å². The highest BCUT2D eigenvalue weighted by molar-refractivity contribution is 5.80. The third-order valence-corrected chi connectivity index (χ3v) is 3.28. The molecule has 3 N–H and O–H groups in total. The molecule has 1 amide bonds. The average molecular weight is 243 g/mol. The molecule has 1 aliphatic rings. The van der Waals surface area contributed by atoms with Gasteiger partial charge in [0.2, 0.25) is 5.91 Å². The van der Waals surface area contributed by atoms with E-state index in [4.69, 9.17) is 10.5 Å². The Morgan fingerprint density at radius 3 is 2.59 bits per heavy atom. The minimum atomic E-state index is -0.186. The first-order valence-electron chi connectivity index (χ1n) is 6.44. The van der Waals surface area contributed by atoms with Crippen molar-refractivity contribution in [1.82, 2.24) is 10.2 Å². The molecule has 1 fully saturated rings. The SMILES string of the molecule is CCN(CC)CC(C)NC(=O)C1COCC1N. The van der Waals surface area contributed by atoms with Crippen LogP contribution in [-0.2, 0) is 9.53 Å². The molecule has 5 heteroatoms. The Hall–Kier alpha value is -0.650. The predicted molar refractivity (Wildman–Crippen MR) is 67.7 cm³/mol. The molecule has 1 heterocycles. The summed E-state index contributed by atoms with van der Waals surface area (Å²) < 4.78 is 5.20. The quantitative estimate of drug-likeness (QED) is 0.678. The fourth-order valence-electron chi connectivity index (χ4n) is 2.11. The monoisotopic (exact) mass is 243 g/mol. The van der Waals surface area contributed by atoms with E-state index in [-0.39, 0.29) is 23.9 Å². The number of hydrogen-bond acceptors (Lipinski definition) is 4. The third kappa shape index (κ3) is 4.26. The Bertz CT molecular complexity index is 244. The van der Waals surface area contributed by atoms with Gasteiger partial charge in [-0.05, 0) is 20.0 Å². The summed E-state index contributed by atoms with van der Waals surface area (Å²) in [6.07, 6.45) is 0. The molecular formula is C12H25N3O2. The van der Waals surface area contributed by atoms with E-state index in [9.17, 15) is 4.79 Å². The van der Waals surface area contributed by atoms with Gasteiger partial charge in [-0.2, -0.15) is 0 Å². The van der Waals surface area contributed by atoms with E-state index < -0.39 is 0 Å². The molecule has 100 valence electrons. The molecule has 0 aromatic carbocycles. The number of hydrogen-bond donors (Lipinski definition) is 2. The van der Waals surface area contributed by atoms with Crippen molar-refractivity contribution in [2.75, 3.05) is 32.8 Å².